The maximum absolute atomic E-state index is 10.9. The Balaban J connectivity index is 2.51. The fourth-order valence-corrected chi connectivity index (χ4v) is 1.18. The highest BCUT2D eigenvalue weighted by Crippen LogP contribution is 2.24. The highest BCUT2D eigenvalue weighted by molar-refractivity contribution is 5.73. The van der Waals surface area contributed by atoms with Crippen molar-refractivity contribution >= 4 is 5.97 Å². The monoisotopic (exact) mass is 187 g/mol. The van der Waals surface area contributed by atoms with Gasteiger partial charge in [-0.15, -0.1) is 0 Å². The second kappa shape index (κ2) is 3.64. The number of rotatable bonds is 3. The van der Waals surface area contributed by atoms with Crippen molar-refractivity contribution in [1.29, 1.82) is 0 Å². The van der Waals surface area contributed by atoms with Crippen molar-refractivity contribution in [1.82, 2.24) is 5.32 Å². The summed E-state index contributed by atoms with van der Waals surface area (Å²) in [6, 6.07) is 0. The molecule has 1 heterocycles. The van der Waals surface area contributed by atoms with Crippen LogP contribution < -0.4 is 5.32 Å². The number of carboxylic acids is 1. The molecule has 0 aliphatic carbocycles. The van der Waals surface area contributed by atoms with Crippen molar-refractivity contribution in [2.24, 2.45) is 5.41 Å². The van der Waals surface area contributed by atoms with Gasteiger partial charge in [0.05, 0.1) is 6.10 Å². The van der Waals surface area contributed by atoms with Gasteiger partial charge in [-0.1, -0.05) is 20.8 Å². The number of aliphatic carboxylic acids is 1. The van der Waals surface area contributed by atoms with Gasteiger partial charge in [-0.25, -0.2) is 4.79 Å². The Bertz CT molecular complexity index is 194. The van der Waals surface area contributed by atoms with Gasteiger partial charge in [-0.2, -0.15) is 0 Å². The van der Waals surface area contributed by atoms with Gasteiger partial charge < -0.3 is 15.2 Å². The standard InChI is InChI=1S/C9H17NO3/c1-9(2,3)7(8(11)12)13-6-4-10-5-6/h6-7,10H,4-5H2,1-3H3,(H,11,12). The Morgan fingerprint density at radius 3 is 2.31 bits per heavy atom. The van der Waals surface area contributed by atoms with Crippen LogP contribution in [0, 0.1) is 5.41 Å². The fourth-order valence-electron chi connectivity index (χ4n) is 1.18. The lowest BCUT2D eigenvalue weighted by atomic mass is 9.89. The lowest BCUT2D eigenvalue weighted by Gasteiger charge is -2.35. The molecule has 0 spiro atoms. The van der Waals surface area contributed by atoms with Gasteiger partial charge in [-0.3, -0.25) is 0 Å². The molecular weight excluding hydrogens is 170 g/mol. The molecule has 1 atom stereocenters. The van der Waals surface area contributed by atoms with E-state index < -0.39 is 12.1 Å². The molecule has 4 nitrogen and oxygen atoms in total. The molecule has 2 N–H and O–H groups in total. The summed E-state index contributed by atoms with van der Waals surface area (Å²) in [4.78, 5) is 10.9. The van der Waals surface area contributed by atoms with E-state index in [-0.39, 0.29) is 11.5 Å². The SMILES string of the molecule is CC(C)(C)C(OC1CNC1)C(=O)O. The molecule has 0 saturated carbocycles. The lowest BCUT2D eigenvalue weighted by Crippen LogP contribution is -2.53. The first kappa shape index (κ1) is 10.5. The molecule has 1 rings (SSSR count). The van der Waals surface area contributed by atoms with Crippen LogP contribution in [0.25, 0.3) is 0 Å². The van der Waals surface area contributed by atoms with E-state index in [1.165, 1.54) is 0 Å². The van der Waals surface area contributed by atoms with Crippen LogP contribution in [-0.2, 0) is 9.53 Å². The van der Waals surface area contributed by atoms with Crippen LogP contribution >= 0.6 is 0 Å². The first-order valence-corrected chi connectivity index (χ1v) is 4.50. The largest absolute Gasteiger partial charge is 0.479 e. The van der Waals surface area contributed by atoms with Crippen molar-refractivity contribution < 1.29 is 14.6 Å². The summed E-state index contributed by atoms with van der Waals surface area (Å²) >= 11 is 0. The Labute approximate surface area is 78.3 Å². The molecule has 0 aromatic heterocycles. The topological polar surface area (TPSA) is 58.6 Å². The van der Waals surface area contributed by atoms with E-state index in [0.29, 0.717) is 0 Å². The molecule has 1 aliphatic heterocycles. The Hall–Kier alpha value is -0.610. The van der Waals surface area contributed by atoms with Crippen LogP contribution in [0.3, 0.4) is 0 Å². The van der Waals surface area contributed by atoms with Crippen LogP contribution in [0.1, 0.15) is 20.8 Å². The van der Waals surface area contributed by atoms with Crippen molar-refractivity contribution in [3.05, 3.63) is 0 Å². The van der Waals surface area contributed by atoms with Crippen molar-refractivity contribution in [3.63, 3.8) is 0 Å². The number of carbonyl (C=O) groups is 1. The number of hydrogen-bond acceptors (Lipinski definition) is 3. The fraction of sp³-hybridized carbons (Fsp3) is 0.889. The quantitative estimate of drug-likeness (QED) is 0.674. The number of nitrogens with one attached hydrogen (secondary N) is 1. The van der Waals surface area contributed by atoms with Crippen LogP contribution in [0.15, 0.2) is 0 Å². The summed E-state index contributed by atoms with van der Waals surface area (Å²) in [6.07, 6.45) is -0.639. The average molecular weight is 187 g/mol. The van der Waals surface area contributed by atoms with Gasteiger partial charge in [0.25, 0.3) is 0 Å². The molecule has 1 saturated heterocycles. The minimum Gasteiger partial charge on any atom is -0.479 e. The molecule has 1 aliphatic rings. The molecular formula is C9H17NO3. The summed E-state index contributed by atoms with van der Waals surface area (Å²) < 4.78 is 5.45. The van der Waals surface area contributed by atoms with E-state index in [1.54, 1.807) is 0 Å². The number of hydrogen-bond donors (Lipinski definition) is 2. The zero-order valence-electron chi connectivity index (χ0n) is 8.33. The summed E-state index contributed by atoms with van der Waals surface area (Å²) in [5.74, 6) is -0.876. The number of ether oxygens (including phenoxy) is 1. The first-order chi connectivity index (χ1) is 5.91. The molecule has 13 heavy (non-hydrogen) atoms. The van der Waals surface area contributed by atoms with E-state index in [4.69, 9.17) is 9.84 Å². The van der Waals surface area contributed by atoms with Crippen LogP contribution in [-0.4, -0.2) is 36.4 Å². The summed E-state index contributed by atoms with van der Waals surface area (Å²) in [5, 5.41) is 12.0. The highest BCUT2D eigenvalue weighted by Gasteiger charge is 2.35. The average Bonchev–Trinajstić information content (AvgIpc) is 1.79. The van der Waals surface area contributed by atoms with E-state index in [2.05, 4.69) is 5.32 Å². The third-order valence-electron chi connectivity index (χ3n) is 2.08. The minimum absolute atomic E-state index is 0.0697. The van der Waals surface area contributed by atoms with Crippen LogP contribution in [0.2, 0.25) is 0 Å². The molecule has 0 aromatic carbocycles. The third kappa shape index (κ3) is 2.67. The van der Waals surface area contributed by atoms with E-state index in [0.717, 1.165) is 13.1 Å². The molecule has 1 fully saturated rings. The summed E-state index contributed by atoms with van der Waals surface area (Å²) in [7, 11) is 0. The molecule has 76 valence electrons. The second-order valence-corrected chi connectivity index (χ2v) is 4.50. The number of carboxylic acid groups (broad SMARTS) is 1. The molecule has 1 unspecified atom stereocenters. The smallest absolute Gasteiger partial charge is 0.333 e. The Morgan fingerprint density at radius 2 is 2.08 bits per heavy atom. The lowest BCUT2D eigenvalue weighted by molar-refractivity contribution is -0.166. The maximum atomic E-state index is 10.9. The second-order valence-electron chi connectivity index (χ2n) is 4.50. The third-order valence-corrected chi connectivity index (χ3v) is 2.08. The van der Waals surface area contributed by atoms with E-state index >= 15 is 0 Å². The molecule has 0 bridgehead atoms. The first-order valence-electron chi connectivity index (χ1n) is 4.50. The molecule has 0 amide bonds. The maximum Gasteiger partial charge on any atom is 0.333 e. The van der Waals surface area contributed by atoms with Gasteiger partial charge in [0.15, 0.2) is 6.10 Å². The molecule has 0 radical (unpaired) electrons. The van der Waals surface area contributed by atoms with Crippen LogP contribution in [0.5, 0.6) is 0 Å². The van der Waals surface area contributed by atoms with Gasteiger partial charge in [0.2, 0.25) is 0 Å². The Kier molecular flexibility index (Phi) is 2.93. The van der Waals surface area contributed by atoms with Crippen LogP contribution in [0.4, 0.5) is 0 Å². The normalized spacial score (nSPS) is 20.8. The van der Waals surface area contributed by atoms with E-state index in [9.17, 15) is 4.79 Å². The Morgan fingerprint density at radius 1 is 1.54 bits per heavy atom. The molecule has 0 aromatic rings. The summed E-state index contributed by atoms with van der Waals surface area (Å²) in [5.41, 5.74) is -0.346. The zero-order chi connectivity index (χ0) is 10.1. The summed E-state index contributed by atoms with van der Waals surface area (Å²) in [6.45, 7) is 7.15. The van der Waals surface area contributed by atoms with Gasteiger partial charge in [-0.05, 0) is 5.41 Å². The van der Waals surface area contributed by atoms with Gasteiger partial charge >= 0.3 is 5.97 Å². The van der Waals surface area contributed by atoms with Crippen molar-refractivity contribution in [2.45, 2.75) is 33.0 Å². The predicted molar refractivity (Wildman–Crippen MR) is 48.6 cm³/mol. The van der Waals surface area contributed by atoms with E-state index in [1.807, 2.05) is 20.8 Å². The highest BCUT2D eigenvalue weighted by atomic mass is 16.5. The van der Waals surface area contributed by atoms with Crippen molar-refractivity contribution in [2.75, 3.05) is 13.1 Å². The predicted octanol–water partition coefficient (Wildman–Crippen LogP) is 0.474. The zero-order valence-corrected chi connectivity index (χ0v) is 8.33. The molecule has 4 heteroatoms. The van der Waals surface area contributed by atoms with Gasteiger partial charge in [0.1, 0.15) is 0 Å². The van der Waals surface area contributed by atoms with Gasteiger partial charge in [0, 0.05) is 13.1 Å². The minimum atomic E-state index is -0.876. The van der Waals surface area contributed by atoms with Crippen molar-refractivity contribution in [3.8, 4) is 0 Å².